The fourth-order valence-corrected chi connectivity index (χ4v) is 9.92. The maximum atomic E-state index is 14.7. The van der Waals surface area contributed by atoms with Crippen LogP contribution in [0.3, 0.4) is 0 Å². The van der Waals surface area contributed by atoms with Crippen LogP contribution in [0.1, 0.15) is 59.3 Å². The minimum Gasteiger partial charge on any atom is -0.349 e. The molecule has 408 valence electrons. The van der Waals surface area contributed by atoms with Gasteiger partial charge in [-0.2, -0.15) is 36.9 Å². The van der Waals surface area contributed by atoms with E-state index in [1.807, 2.05) is 12.1 Å². The summed E-state index contributed by atoms with van der Waals surface area (Å²) in [6.07, 6.45) is -9.52. The summed E-state index contributed by atoms with van der Waals surface area (Å²) >= 11 is 0. The number of likely N-dealkylation sites (N-methyl/N-ethyl adjacent to an activating group) is 3. The van der Waals surface area contributed by atoms with E-state index in [1.165, 1.54) is 46.2 Å². The highest BCUT2D eigenvalue weighted by molar-refractivity contribution is 14.0. The van der Waals surface area contributed by atoms with E-state index in [9.17, 15) is 65.6 Å². The monoisotopic (exact) mass is 1190 g/mol. The Balaban J connectivity index is 0.00000882. The third-order valence-electron chi connectivity index (χ3n) is 14.0. The topological polar surface area (TPSA) is 194 Å². The van der Waals surface area contributed by atoms with Crippen LogP contribution in [-0.4, -0.2) is 139 Å². The number of nitrogens with one attached hydrogen (secondary N) is 2. The Kier molecular flexibility index (Phi) is 17.0. The Labute approximate surface area is 462 Å². The van der Waals surface area contributed by atoms with Crippen LogP contribution in [0.15, 0.2) is 120 Å². The van der Waals surface area contributed by atoms with Gasteiger partial charge in [-0.3, -0.25) is 29.0 Å². The summed E-state index contributed by atoms with van der Waals surface area (Å²) in [4.78, 5) is 92.5. The second-order valence-electron chi connectivity index (χ2n) is 19.3. The van der Waals surface area contributed by atoms with Gasteiger partial charge in [-0.25, -0.2) is 9.59 Å². The van der Waals surface area contributed by atoms with E-state index >= 15 is 0 Å². The fraction of sp³-hybridized carbons (Fsp3) is 0.333. The van der Waals surface area contributed by atoms with Crippen molar-refractivity contribution in [3.63, 3.8) is 0 Å². The van der Waals surface area contributed by atoms with Crippen LogP contribution >= 0.6 is 24.0 Å². The van der Waals surface area contributed by atoms with Gasteiger partial charge in [-0.1, -0.05) is 36.4 Å². The molecule has 4 aliphatic rings. The SMILES string of the molecule is CCN1CC2=C(C1=O)[C@@H](c1ccc(C#N)cc1)N(CC(=O)NCC[N+](C)(C)CCNC(=O)CN1C(=O)N(c3cccc(C(F)(F)F)c3)C3=C(C(=O)N(CC)C3)[C@H]1c1ccc(C#N)cc1)C(=O)N2c1cccc(C(F)(F)F)c1.I. The number of rotatable bonds is 16. The molecule has 0 bridgehead atoms. The van der Waals surface area contributed by atoms with Crippen LogP contribution in [0, 0.1) is 22.7 Å². The molecule has 0 spiro atoms. The molecule has 0 aliphatic carbocycles. The summed E-state index contributed by atoms with van der Waals surface area (Å²) in [6, 6.07) is 20.3. The first kappa shape index (κ1) is 57.7. The molecule has 17 nitrogen and oxygen atoms in total. The molecule has 0 saturated carbocycles. The lowest BCUT2D eigenvalue weighted by atomic mass is 9.92. The number of urea groups is 2. The van der Waals surface area contributed by atoms with Crippen molar-refractivity contribution in [1.29, 1.82) is 10.5 Å². The van der Waals surface area contributed by atoms with Crippen LogP contribution in [-0.2, 0) is 31.5 Å². The standard InChI is InChI=1S/C54H51F6N11O6.HI/c1-5-65-29-41-45(49(65)74)47(35-17-13-33(27-61)14-18-35)67(51(76)69(41)39-11-7-9-37(25-39)53(55,56)57)31-43(72)63-21-23-71(3,4)24-22-64-44(73)32-68-48(36-19-15-34(28-62)16-20-36)46-42(30-66(6-2)50(46)75)70(52(68)77)40-12-8-10-38(26-40)54(58,59)60;/h7-20,25-26,47-48H,5-6,21-24,29-32H2,1-4H3,(H-,63,64,72,73);1H/p+1/t47-,48-;/m1./s1. The van der Waals surface area contributed by atoms with Gasteiger partial charge in [-0.05, 0) is 85.6 Å². The number of nitriles is 2. The molecule has 8 rings (SSSR count). The molecule has 0 radical (unpaired) electrons. The second-order valence-corrected chi connectivity index (χ2v) is 19.3. The third kappa shape index (κ3) is 11.6. The van der Waals surface area contributed by atoms with Crippen molar-refractivity contribution in [2.45, 2.75) is 38.3 Å². The maximum absolute atomic E-state index is 14.7. The number of amides is 8. The number of alkyl halides is 6. The van der Waals surface area contributed by atoms with Gasteiger partial charge in [0.1, 0.15) is 13.1 Å². The van der Waals surface area contributed by atoms with E-state index in [0.717, 1.165) is 56.0 Å². The van der Waals surface area contributed by atoms with Crippen LogP contribution in [0.4, 0.5) is 47.3 Å². The zero-order chi connectivity index (χ0) is 55.7. The number of halogens is 7. The lowest BCUT2D eigenvalue weighted by molar-refractivity contribution is -0.887. The van der Waals surface area contributed by atoms with Crippen molar-refractivity contribution in [1.82, 2.24) is 30.2 Å². The number of carbonyl (C=O) groups is 6. The van der Waals surface area contributed by atoms with Gasteiger partial charge in [-0.15, -0.1) is 24.0 Å². The molecule has 8 amide bonds. The number of anilines is 2. The van der Waals surface area contributed by atoms with E-state index in [0.29, 0.717) is 11.1 Å². The highest BCUT2D eigenvalue weighted by Gasteiger charge is 2.51. The summed E-state index contributed by atoms with van der Waals surface area (Å²) in [7, 11) is 3.61. The number of benzene rings is 4. The zero-order valence-electron chi connectivity index (χ0n) is 42.6. The Morgan fingerprint density at radius 3 is 1.28 bits per heavy atom. The molecule has 24 heteroatoms. The molecule has 4 aromatic rings. The van der Waals surface area contributed by atoms with Crippen molar-refractivity contribution < 1.29 is 59.6 Å². The summed E-state index contributed by atoms with van der Waals surface area (Å²) in [5.74, 6) is -2.30. The van der Waals surface area contributed by atoms with Gasteiger partial charge in [0, 0.05) is 13.1 Å². The molecule has 78 heavy (non-hydrogen) atoms. The Morgan fingerprint density at radius 1 is 0.603 bits per heavy atom. The van der Waals surface area contributed by atoms with Crippen molar-refractivity contribution in [2.75, 3.05) is 89.3 Å². The number of carbonyl (C=O) groups excluding carboxylic acids is 6. The van der Waals surface area contributed by atoms with Crippen LogP contribution in [0.2, 0.25) is 0 Å². The van der Waals surface area contributed by atoms with Gasteiger partial charge >= 0.3 is 24.4 Å². The predicted molar refractivity (Wildman–Crippen MR) is 282 cm³/mol. The molecule has 2 atom stereocenters. The van der Waals surface area contributed by atoms with E-state index in [4.69, 9.17) is 0 Å². The molecule has 0 saturated heterocycles. The summed E-state index contributed by atoms with van der Waals surface area (Å²) < 4.78 is 84.1. The summed E-state index contributed by atoms with van der Waals surface area (Å²) in [6.45, 7) is 2.94. The van der Waals surface area contributed by atoms with E-state index in [-0.39, 0.29) is 126 Å². The Hall–Kier alpha value is -7.97. The van der Waals surface area contributed by atoms with Gasteiger partial charge in [0.2, 0.25) is 11.8 Å². The molecular weight excluding hydrogens is 1140 g/mol. The number of nitrogens with zero attached hydrogens (tertiary/aromatic N) is 9. The van der Waals surface area contributed by atoms with Crippen molar-refractivity contribution >= 4 is 71.0 Å². The highest BCUT2D eigenvalue weighted by Crippen LogP contribution is 2.46. The van der Waals surface area contributed by atoms with Crippen molar-refractivity contribution in [3.8, 4) is 12.1 Å². The highest BCUT2D eigenvalue weighted by atomic mass is 127. The molecule has 0 unspecified atom stereocenters. The average Bonchev–Trinajstić information content (AvgIpc) is 3.94. The lowest BCUT2D eigenvalue weighted by Crippen LogP contribution is -2.55. The summed E-state index contributed by atoms with van der Waals surface area (Å²) in [5.41, 5.74) is -0.587. The van der Waals surface area contributed by atoms with Crippen molar-refractivity contribution in [2.24, 2.45) is 0 Å². The average molecular weight is 1190 g/mol. The normalized spacial score (nSPS) is 17.7. The lowest BCUT2D eigenvalue weighted by Gasteiger charge is -2.41. The molecular formula is C54H53F6IN11O6+. The minimum absolute atomic E-state index is 0. The van der Waals surface area contributed by atoms with Crippen LogP contribution in [0.25, 0.3) is 0 Å². The Bertz CT molecular complexity index is 2980. The van der Waals surface area contributed by atoms with Crippen LogP contribution < -0.4 is 20.4 Å². The second kappa shape index (κ2) is 22.9. The predicted octanol–water partition coefficient (Wildman–Crippen LogP) is 7.29. The zero-order valence-corrected chi connectivity index (χ0v) is 44.9. The quantitative estimate of drug-likeness (QED) is 0.0663. The van der Waals surface area contributed by atoms with E-state index in [1.54, 1.807) is 52.2 Å². The molecule has 2 N–H and O–H groups in total. The van der Waals surface area contributed by atoms with Crippen LogP contribution in [0.5, 0.6) is 0 Å². The smallest absolute Gasteiger partial charge is 0.349 e. The first-order chi connectivity index (χ1) is 36.5. The first-order valence-electron chi connectivity index (χ1n) is 24.5. The molecule has 4 aliphatic heterocycles. The maximum Gasteiger partial charge on any atom is 0.416 e. The van der Waals surface area contributed by atoms with E-state index < -0.39 is 84.3 Å². The van der Waals surface area contributed by atoms with E-state index in [2.05, 4.69) is 10.6 Å². The molecule has 4 heterocycles. The van der Waals surface area contributed by atoms with Gasteiger partial charge in [0.25, 0.3) is 11.8 Å². The molecule has 4 aromatic carbocycles. The fourth-order valence-electron chi connectivity index (χ4n) is 9.92. The van der Waals surface area contributed by atoms with Gasteiger partial charge in [0.15, 0.2) is 0 Å². The van der Waals surface area contributed by atoms with Gasteiger partial charge < -0.3 is 34.7 Å². The van der Waals surface area contributed by atoms with Crippen molar-refractivity contribution in [3.05, 3.63) is 153 Å². The number of hydrogen-bond donors (Lipinski definition) is 2. The largest absolute Gasteiger partial charge is 0.416 e. The first-order valence-corrected chi connectivity index (χ1v) is 24.5. The number of quaternary nitrogens is 1. The van der Waals surface area contributed by atoms with Gasteiger partial charge in [0.05, 0.1) is 134 Å². The third-order valence-corrected chi connectivity index (χ3v) is 14.0. The molecule has 0 aromatic heterocycles. The number of hydrogen-bond acceptors (Lipinski definition) is 8. The molecule has 0 fully saturated rings. The minimum atomic E-state index is -4.76. The Morgan fingerprint density at radius 2 is 0.962 bits per heavy atom. The summed E-state index contributed by atoms with van der Waals surface area (Å²) in [5, 5.41) is 24.6.